The minimum absolute atomic E-state index is 0.589. The van der Waals surface area contributed by atoms with Crippen molar-refractivity contribution in [3.63, 3.8) is 0 Å². The van der Waals surface area contributed by atoms with E-state index in [0.29, 0.717) is 5.92 Å². The maximum absolute atomic E-state index is 5.57. The lowest BCUT2D eigenvalue weighted by Gasteiger charge is -2.20. The van der Waals surface area contributed by atoms with Gasteiger partial charge in [-0.1, -0.05) is 24.4 Å². The van der Waals surface area contributed by atoms with Gasteiger partial charge in [0.05, 0.1) is 6.20 Å². The van der Waals surface area contributed by atoms with Crippen molar-refractivity contribution >= 4 is 11.0 Å². The zero-order chi connectivity index (χ0) is 13.4. The van der Waals surface area contributed by atoms with E-state index in [-0.39, 0.29) is 0 Å². The van der Waals surface area contributed by atoms with Crippen molar-refractivity contribution < 1.29 is 4.52 Å². The number of hydrogen-bond donors (Lipinski definition) is 1. The highest BCUT2D eigenvalue weighted by Gasteiger charge is 2.23. The molecule has 0 radical (unpaired) electrons. The summed E-state index contributed by atoms with van der Waals surface area (Å²) in [4.78, 5) is 7.54. The Labute approximate surface area is 117 Å². The molecular formula is C16H17N3O. The molecule has 4 rings (SSSR count). The fourth-order valence-corrected chi connectivity index (χ4v) is 3.30. The Morgan fingerprint density at radius 1 is 1.20 bits per heavy atom. The SMILES string of the molecule is c1cnc2[nH]cc(-c3oncc3C3CCCCC3)c2c1. The van der Waals surface area contributed by atoms with Crippen LogP contribution >= 0.6 is 0 Å². The van der Waals surface area contributed by atoms with Crippen LogP contribution in [0.1, 0.15) is 43.6 Å². The zero-order valence-electron chi connectivity index (χ0n) is 11.3. The summed E-state index contributed by atoms with van der Waals surface area (Å²) < 4.78 is 5.57. The van der Waals surface area contributed by atoms with Crippen LogP contribution in [0.5, 0.6) is 0 Å². The number of hydrogen-bond acceptors (Lipinski definition) is 3. The Bertz CT molecular complexity index is 722. The Balaban J connectivity index is 1.81. The molecule has 3 heterocycles. The first-order valence-electron chi connectivity index (χ1n) is 7.30. The van der Waals surface area contributed by atoms with Gasteiger partial charge in [0.1, 0.15) is 5.65 Å². The predicted octanol–water partition coefficient (Wildman–Crippen LogP) is 4.27. The summed E-state index contributed by atoms with van der Waals surface area (Å²) in [6, 6.07) is 4.03. The molecule has 4 heteroatoms. The molecule has 1 saturated carbocycles. The topological polar surface area (TPSA) is 54.7 Å². The average molecular weight is 267 g/mol. The molecule has 102 valence electrons. The third kappa shape index (κ3) is 1.83. The molecule has 1 aliphatic rings. The van der Waals surface area contributed by atoms with Crippen LogP contribution < -0.4 is 0 Å². The molecule has 0 spiro atoms. The number of fused-ring (bicyclic) bond motifs is 1. The molecule has 1 fully saturated rings. The van der Waals surface area contributed by atoms with E-state index in [2.05, 4.69) is 21.2 Å². The van der Waals surface area contributed by atoms with E-state index < -0.39 is 0 Å². The van der Waals surface area contributed by atoms with Crippen molar-refractivity contribution in [2.75, 3.05) is 0 Å². The first-order valence-corrected chi connectivity index (χ1v) is 7.30. The van der Waals surface area contributed by atoms with Crippen molar-refractivity contribution in [1.29, 1.82) is 0 Å². The van der Waals surface area contributed by atoms with Gasteiger partial charge in [-0.05, 0) is 30.9 Å². The summed E-state index contributed by atoms with van der Waals surface area (Å²) in [6.45, 7) is 0. The van der Waals surface area contributed by atoms with Gasteiger partial charge < -0.3 is 9.51 Å². The van der Waals surface area contributed by atoms with Gasteiger partial charge in [-0.3, -0.25) is 0 Å². The van der Waals surface area contributed by atoms with Crippen LogP contribution in [0.15, 0.2) is 35.2 Å². The summed E-state index contributed by atoms with van der Waals surface area (Å²) in [5.41, 5.74) is 3.23. The van der Waals surface area contributed by atoms with E-state index in [4.69, 9.17) is 4.52 Å². The molecule has 0 amide bonds. The number of pyridine rings is 1. The van der Waals surface area contributed by atoms with E-state index in [1.165, 1.54) is 37.7 Å². The zero-order valence-corrected chi connectivity index (χ0v) is 11.3. The summed E-state index contributed by atoms with van der Waals surface area (Å²) in [7, 11) is 0. The largest absolute Gasteiger partial charge is 0.356 e. The third-order valence-electron chi connectivity index (χ3n) is 4.34. The van der Waals surface area contributed by atoms with Crippen LogP contribution in [-0.4, -0.2) is 15.1 Å². The second kappa shape index (κ2) is 4.78. The van der Waals surface area contributed by atoms with E-state index in [9.17, 15) is 0 Å². The predicted molar refractivity (Wildman–Crippen MR) is 77.4 cm³/mol. The van der Waals surface area contributed by atoms with Gasteiger partial charge in [-0.25, -0.2) is 4.98 Å². The number of aromatic nitrogens is 3. The maximum Gasteiger partial charge on any atom is 0.172 e. The highest BCUT2D eigenvalue weighted by molar-refractivity contribution is 5.92. The lowest BCUT2D eigenvalue weighted by atomic mass is 9.83. The van der Waals surface area contributed by atoms with Gasteiger partial charge in [0, 0.05) is 28.9 Å². The smallest absolute Gasteiger partial charge is 0.172 e. The lowest BCUT2D eigenvalue weighted by Crippen LogP contribution is -2.04. The van der Waals surface area contributed by atoms with E-state index in [1.54, 1.807) is 6.20 Å². The molecule has 0 saturated heterocycles. The Morgan fingerprint density at radius 2 is 2.10 bits per heavy atom. The summed E-state index contributed by atoms with van der Waals surface area (Å²) in [6.07, 6.45) is 12.1. The number of nitrogens with zero attached hydrogens (tertiary/aromatic N) is 2. The van der Waals surface area contributed by atoms with Crippen LogP contribution in [0, 0.1) is 0 Å². The average Bonchev–Trinajstić information content (AvgIpc) is 3.14. The highest BCUT2D eigenvalue weighted by Crippen LogP contribution is 2.39. The molecule has 3 aromatic rings. The normalized spacial score (nSPS) is 16.8. The number of aromatic amines is 1. The Hall–Kier alpha value is -2.10. The fraction of sp³-hybridized carbons (Fsp3) is 0.375. The van der Waals surface area contributed by atoms with Crippen LogP contribution in [0.25, 0.3) is 22.4 Å². The molecule has 0 aromatic carbocycles. The molecule has 1 N–H and O–H groups in total. The quantitative estimate of drug-likeness (QED) is 0.754. The summed E-state index contributed by atoms with van der Waals surface area (Å²) in [5, 5.41) is 5.15. The van der Waals surface area contributed by atoms with Crippen LogP contribution in [-0.2, 0) is 0 Å². The Kier molecular flexibility index (Phi) is 2.80. The minimum Gasteiger partial charge on any atom is -0.356 e. The van der Waals surface area contributed by atoms with Crippen molar-refractivity contribution in [2.24, 2.45) is 0 Å². The van der Waals surface area contributed by atoms with Gasteiger partial charge >= 0.3 is 0 Å². The van der Waals surface area contributed by atoms with Crippen molar-refractivity contribution in [3.8, 4) is 11.3 Å². The van der Waals surface area contributed by atoms with Crippen molar-refractivity contribution in [1.82, 2.24) is 15.1 Å². The molecular weight excluding hydrogens is 250 g/mol. The molecule has 1 aliphatic carbocycles. The second-order valence-corrected chi connectivity index (χ2v) is 5.55. The fourth-order valence-electron chi connectivity index (χ4n) is 3.30. The Morgan fingerprint density at radius 3 is 3.00 bits per heavy atom. The maximum atomic E-state index is 5.57. The highest BCUT2D eigenvalue weighted by atomic mass is 16.5. The standard InChI is InChI=1S/C16H17N3O/c1-2-5-11(6-3-1)13-10-19-20-15(13)14-9-18-16-12(14)7-4-8-17-16/h4,7-11H,1-3,5-6H2,(H,17,18). The van der Waals surface area contributed by atoms with Gasteiger partial charge in [0.25, 0.3) is 0 Å². The van der Waals surface area contributed by atoms with Crippen molar-refractivity contribution in [3.05, 3.63) is 36.3 Å². The molecule has 0 atom stereocenters. The van der Waals surface area contributed by atoms with Gasteiger partial charge in [0.15, 0.2) is 5.76 Å². The number of H-pyrrole nitrogens is 1. The summed E-state index contributed by atoms with van der Waals surface area (Å²) >= 11 is 0. The van der Waals surface area contributed by atoms with Gasteiger partial charge in [-0.2, -0.15) is 0 Å². The third-order valence-corrected chi connectivity index (χ3v) is 4.34. The molecule has 20 heavy (non-hydrogen) atoms. The molecule has 3 aromatic heterocycles. The van der Waals surface area contributed by atoms with Gasteiger partial charge in [-0.15, -0.1) is 0 Å². The van der Waals surface area contributed by atoms with E-state index in [0.717, 1.165) is 22.4 Å². The molecule has 0 unspecified atom stereocenters. The molecule has 0 bridgehead atoms. The second-order valence-electron chi connectivity index (χ2n) is 5.55. The first kappa shape index (κ1) is 11.7. The van der Waals surface area contributed by atoms with Crippen LogP contribution in [0.4, 0.5) is 0 Å². The van der Waals surface area contributed by atoms with E-state index in [1.807, 2.05) is 18.5 Å². The molecule has 0 aliphatic heterocycles. The van der Waals surface area contributed by atoms with Crippen molar-refractivity contribution in [2.45, 2.75) is 38.0 Å². The monoisotopic (exact) mass is 267 g/mol. The van der Waals surface area contributed by atoms with E-state index >= 15 is 0 Å². The summed E-state index contributed by atoms with van der Waals surface area (Å²) in [5.74, 6) is 1.50. The minimum atomic E-state index is 0.589. The first-order chi connectivity index (χ1) is 9.93. The van der Waals surface area contributed by atoms with Gasteiger partial charge in [0.2, 0.25) is 0 Å². The van der Waals surface area contributed by atoms with Crippen LogP contribution in [0.2, 0.25) is 0 Å². The molecule has 4 nitrogen and oxygen atoms in total. The number of nitrogens with one attached hydrogen (secondary N) is 1. The van der Waals surface area contributed by atoms with Crippen LogP contribution in [0.3, 0.4) is 0 Å². The number of rotatable bonds is 2. The lowest BCUT2D eigenvalue weighted by molar-refractivity contribution is 0.423.